The lowest BCUT2D eigenvalue weighted by atomic mass is 9.74. The minimum atomic E-state index is -0.940. The number of hydrogen-bond donors (Lipinski definition) is 2. The lowest BCUT2D eigenvalue weighted by molar-refractivity contribution is 0.171. The van der Waals surface area contributed by atoms with Gasteiger partial charge in [0, 0.05) is 6.04 Å². The van der Waals surface area contributed by atoms with E-state index in [1.807, 2.05) is 20.8 Å². The molecule has 2 N–H and O–H groups in total. The summed E-state index contributed by atoms with van der Waals surface area (Å²) in [6, 6.07) is 0.439. The van der Waals surface area contributed by atoms with Gasteiger partial charge in [-0.15, -0.1) is 0 Å². The van der Waals surface area contributed by atoms with Gasteiger partial charge in [0.1, 0.15) is 0 Å². The highest BCUT2D eigenvalue weighted by molar-refractivity contribution is 7.84. The van der Waals surface area contributed by atoms with Crippen LogP contribution in [0.3, 0.4) is 0 Å². The second-order valence-corrected chi connectivity index (χ2v) is 9.21. The van der Waals surface area contributed by atoms with E-state index in [1.165, 1.54) is 25.7 Å². The molecular weight excluding hydrogens is 244 g/mol. The molecule has 0 aromatic rings. The molecule has 1 saturated heterocycles. The van der Waals surface area contributed by atoms with Crippen LogP contribution in [0.4, 0.5) is 0 Å². The van der Waals surface area contributed by atoms with Crippen molar-refractivity contribution < 1.29 is 4.21 Å². The highest BCUT2D eigenvalue weighted by Crippen LogP contribution is 2.48. The molecule has 2 aliphatic rings. The Kier molecular flexibility index (Phi) is 4.20. The summed E-state index contributed by atoms with van der Waals surface area (Å²) >= 11 is 0. The average Bonchev–Trinajstić information content (AvgIpc) is 2.54. The first-order chi connectivity index (χ1) is 8.33. The summed E-state index contributed by atoms with van der Waals surface area (Å²) in [5.41, 5.74) is 0.394. The van der Waals surface area contributed by atoms with Gasteiger partial charge in [-0.3, -0.25) is 0 Å². The van der Waals surface area contributed by atoms with E-state index in [1.54, 1.807) is 0 Å². The molecule has 1 heterocycles. The van der Waals surface area contributed by atoms with Gasteiger partial charge in [0.05, 0.1) is 15.7 Å². The first kappa shape index (κ1) is 14.5. The zero-order valence-corrected chi connectivity index (χ0v) is 13.0. The monoisotopic (exact) mass is 272 g/mol. The fourth-order valence-electron chi connectivity index (χ4n) is 3.53. The molecule has 106 valence electrons. The maximum absolute atomic E-state index is 12.3. The average molecular weight is 272 g/mol. The van der Waals surface area contributed by atoms with E-state index in [4.69, 9.17) is 0 Å². The summed E-state index contributed by atoms with van der Waals surface area (Å²) in [7, 11) is -0.940. The molecule has 4 heteroatoms. The smallest absolute Gasteiger partial charge is 0.0972 e. The van der Waals surface area contributed by atoms with Crippen molar-refractivity contribution in [1.29, 1.82) is 0 Å². The number of rotatable bonds is 2. The third-order valence-corrected chi connectivity index (χ3v) is 6.15. The van der Waals surface area contributed by atoms with Crippen molar-refractivity contribution in [3.63, 3.8) is 0 Å². The number of nitrogens with one attached hydrogen (secondary N) is 2. The summed E-state index contributed by atoms with van der Waals surface area (Å²) in [5, 5.41) is 3.45. The molecule has 0 aromatic carbocycles. The van der Waals surface area contributed by atoms with Gasteiger partial charge in [0.2, 0.25) is 0 Å². The second kappa shape index (κ2) is 5.22. The molecule has 1 saturated carbocycles. The third kappa shape index (κ3) is 2.97. The third-order valence-electron chi connectivity index (χ3n) is 4.54. The van der Waals surface area contributed by atoms with Crippen LogP contribution in [0.1, 0.15) is 53.4 Å². The van der Waals surface area contributed by atoms with Crippen LogP contribution in [-0.2, 0) is 11.0 Å². The van der Waals surface area contributed by atoms with Gasteiger partial charge in [-0.2, -0.15) is 0 Å². The Morgan fingerprint density at radius 3 is 2.44 bits per heavy atom. The van der Waals surface area contributed by atoms with Crippen LogP contribution in [-0.4, -0.2) is 28.1 Å². The molecule has 0 aromatic heterocycles. The predicted molar refractivity (Wildman–Crippen MR) is 77.8 cm³/mol. The first-order valence-corrected chi connectivity index (χ1v) is 8.37. The van der Waals surface area contributed by atoms with E-state index >= 15 is 0 Å². The standard InChI is InChI=1S/C14H28N2OS/c1-11-9-12(16-18(17)13(2,3)4)14(10-11)5-7-15-8-6-14/h11-12,15-16H,5-10H2,1-4H3/t11?,12-,18-/m1/s1. The van der Waals surface area contributed by atoms with Crippen molar-refractivity contribution in [2.75, 3.05) is 13.1 Å². The van der Waals surface area contributed by atoms with Gasteiger partial charge in [0.25, 0.3) is 0 Å². The summed E-state index contributed by atoms with van der Waals surface area (Å²) in [6.45, 7) is 10.7. The molecule has 2 fully saturated rings. The summed E-state index contributed by atoms with van der Waals surface area (Å²) < 4.78 is 15.6. The minimum Gasteiger partial charge on any atom is -0.317 e. The fourth-order valence-corrected chi connectivity index (χ4v) is 4.49. The Bertz CT molecular complexity index is 318. The molecule has 3 atom stereocenters. The van der Waals surface area contributed by atoms with Gasteiger partial charge >= 0.3 is 0 Å². The van der Waals surface area contributed by atoms with Gasteiger partial charge in [-0.25, -0.2) is 8.93 Å². The van der Waals surface area contributed by atoms with E-state index in [-0.39, 0.29) is 4.75 Å². The molecule has 0 amide bonds. The summed E-state index contributed by atoms with van der Waals surface area (Å²) in [4.78, 5) is 0. The van der Waals surface area contributed by atoms with Crippen LogP contribution in [0.2, 0.25) is 0 Å². The molecular formula is C14H28N2OS. The van der Waals surface area contributed by atoms with Gasteiger partial charge in [-0.1, -0.05) is 6.92 Å². The first-order valence-electron chi connectivity index (χ1n) is 7.22. The second-order valence-electron chi connectivity index (χ2n) is 7.21. The largest absolute Gasteiger partial charge is 0.317 e. The van der Waals surface area contributed by atoms with Gasteiger partial charge < -0.3 is 5.32 Å². The predicted octanol–water partition coefficient (Wildman–Crippen LogP) is 2.21. The van der Waals surface area contributed by atoms with Crippen molar-refractivity contribution in [2.24, 2.45) is 11.3 Å². The van der Waals surface area contributed by atoms with Crippen molar-refractivity contribution >= 4 is 11.0 Å². The Balaban J connectivity index is 2.08. The molecule has 1 unspecified atom stereocenters. The molecule has 1 aliphatic heterocycles. The molecule has 2 rings (SSSR count). The Morgan fingerprint density at radius 2 is 1.89 bits per heavy atom. The van der Waals surface area contributed by atoms with Crippen molar-refractivity contribution in [1.82, 2.24) is 10.0 Å². The van der Waals surface area contributed by atoms with Crippen LogP contribution in [0, 0.1) is 11.3 Å². The SMILES string of the molecule is CC1C[C@@H](N[S@](=O)C(C)(C)C)C2(CCNCC2)C1. The van der Waals surface area contributed by atoms with Crippen molar-refractivity contribution in [3.8, 4) is 0 Å². The molecule has 0 radical (unpaired) electrons. The zero-order chi connectivity index (χ0) is 13.4. The molecule has 3 nitrogen and oxygen atoms in total. The quantitative estimate of drug-likeness (QED) is 0.809. The Hall–Kier alpha value is 0.0700. The van der Waals surface area contributed by atoms with E-state index in [0.29, 0.717) is 11.5 Å². The topological polar surface area (TPSA) is 41.1 Å². The van der Waals surface area contributed by atoms with E-state index in [2.05, 4.69) is 17.0 Å². The minimum absolute atomic E-state index is 0.167. The molecule has 1 aliphatic carbocycles. The lowest BCUT2D eigenvalue weighted by Crippen LogP contribution is -2.50. The highest BCUT2D eigenvalue weighted by Gasteiger charge is 2.47. The summed E-state index contributed by atoms with van der Waals surface area (Å²) in [5.74, 6) is 0.762. The maximum atomic E-state index is 12.3. The molecule has 1 spiro atoms. The summed E-state index contributed by atoms with van der Waals surface area (Å²) in [6.07, 6.45) is 4.95. The maximum Gasteiger partial charge on any atom is 0.0972 e. The normalized spacial score (nSPS) is 33.8. The fraction of sp³-hybridized carbons (Fsp3) is 1.00. The van der Waals surface area contributed by atoms with Crippen molar-refractivity contribution in [2.45, 2.75) is 64.2 Å². The Labute approximate surface area is 114 Å². The van der Waals surface area contributed by atoms with Crippen LogP contribution < -0.4 is 10.0 Å². The Morgan fingerprint density at radius 1 is 1.28 bits per heavy atom. The zero-order valence-electron chi connectivity index (χ0n) is 12.2. The number of hydrogen-bond acceptors (Lipinski definition) is 2. The van der Waals surface area contributed by atoms with Gasteiger partial charge in [0.15, 0.2) is 0 Å². The van der Waals surface area contributed by atoms with E-state index in [9.17, 15) is 4.21 Å². The lowest BCUT2D eigenvalue weighted by Gasteiger charge is -2.40. The highest BCUT2D eigenvalue weighted by atomic mass is 32.2. The van der Waals surface area contributed by atoms with Crippen molar-refractivity contribution in [3.05, 3.63) is 0 Å². The van der Waals surface area contributed by atoms with E-state index < -0.39 is 11.0 Å². The van der Waals surface area contributed by atoms with Gasteiger partial charge in [-0.05, 0) is 70.9 Å². The van der Waals surface area contributed by atoms with Crippen LogP contribution >= 0.6 is 0 Å². The molecule has 0 bridgehead atoms. The molecule has 18 heavy (non-hydrogen) atoms. The van der Waals surface area contributed by atoms with Crippen LogP contribution in [0.15, 0.2) is 0 Å². The number of piperidine rings is 1. The van der Waals surface area contributed by atoms with Crippen LogP contribution in [0.25, 0.3) is 0 Å². The van der Waals surface area contributed by atoms with Crippen LogP contribution in [0.5, 0.6) is 0 Å². The van der Waals surface area contributed by atoms with E-state index in [0.717, 1.165) is 19.0 Å².